The van der Waals surface area contributed by atoms with Gasteiger partial charge in [-0.1, -0.05) is 25.8 Å². The third kappa shape index (κ3) is 1.82. The van der Waals surface area contributed by atoms with E-state index in [-0.39, 0.29) is 5.54 Å². The summed E-state index contributed by atoms with van der Waals surface area (Å²) in [6, 6.07) is 3.97. The molecule has 0 radical (unpaired) electrons. The smallest absolute Gasteiger partial charge is 0.119 e. The molecular formula is C14H21NO. The van der Waals surface area contributed by atoms with Gasteiger partial charge in [-0.2, -0.15) is 0 Å². The highest BCUT2D eigenvalue weighted by atomic mass is 16.3. The van der Waals surface area contributed by atoms with Crippen molar-refractivity contribution in [1.82, 2.24) is 0 Å². The standard InChI is InChI=1S/C14H21NO/c1-3-11-9-12(10(2)8-13(11)16)14(15)6-4-5-7-14/h8-9,16H,3-7,15H2,1-2H3. The van der Waals surface area contributed by atoms with E-state index in [0.717, 1.165) is 30.4 Å². The molecule has 0 heterocycles. The Bertz CT molecular complexity index is 392. The number of phenolic OH excluding ortho intramolecular Hbond substituents is 1. The van der Waals surface area contributed by atoms with Crippen LogP contribution < -0.4 is 5.73 Å². The largest absolute Gasteiger partial charge is 0.508 e. The molecule has 1 saturated carbocycles. The molecule has 3 N–H and O–H groups in total. The number of nitrogens with two attached hydrogens (primary N) is 1. The van der Waals surface area contributed by atoms with E-state index >= 15 is 0 Å². The van der Waals surface area contributed by atoms with Gasteiger partial charge in [0.15, 0.2) is 0 Å². The van der Waals surface area contributed by atoms with Crippen molar-refractivity contribution < 1.29 is 5.11 Å². The predicted octanol–water partition coefficient (Wildman–Crippen LogP) is 2.99. The zero-order valence-electron chi connectivity index (χ0n) is 10.2. The lowest BCUT2D eigenvalue weighted by atomic mass is 9.85. The quantitative estimate of drug-likeness (QED) is 0.803. The molecule has 1 fully saturated rings. The van der Waals surface area contributed by atoms with Gasteiger partial charge in [0.1, 0.15) is 5.75 Å². The summed E-state index contributed by atoms with van der Waals surface area (Å²) >= 11 is 0. The van der Waals surface area contributed by atoms with Crippen LogP contribution in [-0.4, -0.2) is 5.11 Å². The predicted molar refractivity (Wildman–Crippen MR) is 66.6 cm³/mol. The van der Waals surface area contributed by atoms with Gasteiger partial charge in [0.25, 0.3) is 0 Å². The Morgan fingerprint density at radius 3 is 2.50 bits per heavy atom. The first kappa shape index (κ1) is 11.5. The van der Waals surface area contributed by atoms with Gasteiger partial charge in [0, 0.05) is 5.54 Å². The maximum absolute atomic E-state index is 9.80. The van der Waals surface area contributed by atoms with Crippen LogP contribution in [0.1, 0.15) is 49.3 Å². The molecule has 1 aromatic rings. The normalized spacial score (nSPS) is 18.9. The fourth-order valence-electron chi connectivity index (χ4n) is 2.83. The van der Waals surface area contributed by atoms with Crippen molar-refractivity contribution >= 4 is 0 Å². The SMILES string of the molecule is CCc1cc(C2(N)CCCC2)c(C)cc1O. The van der Waals surface area contributed by atoms with Crippen LogP contribution in [0.5, 0.6) is 5.75 Å². The van der Waals surface area contributed by atoms with Crippen LogP contribution in [0.4, 0.5) is 0 Å². The molecule has 2 rings (SSSR count). The maximum Gasteiger partial charge on any atom is 0.119 e. The minimum atomic E-state index is -0.151. The maximum atomic E-state index is 9.80. The molecule has 1 aromatic carbocycles. The van der Waals surface area contributed by atoms with Gasteiger partial charge in [-0.15, -0.1) is 0 Å². The Balaban J connectivity index is 2.47. The molecule has 2 heteroatoms. The summed E-state index contributed by atoms with van der Waals surface area (Å²) in [7, 11) is 0. The highest BCUT2D eigenvalue weighted by Crippen LogP contribution is 2.39. The Kier molecular flexibility index (Phi) is 2.94. The Hall–Kier alpha value is -1.02. The van der Waals surface area contributed by atoms with E-state index in [1.807, 2.05) is 13.0 Å². The summed E-state index contributed by atoms with van der Waals surface area (Å²) in [4.78, 5) is 0. The molecule has 0 spiro atoms. The minimum absolute atomic E-state index is 0.151. The monoisotopic (exact) mass is 219 g/mol. The van der Waals surface area contributed by atoms with Gasteiger partial charge in [0.05, 0.1) is 0 Å². The molecule has 0 saturated heterocycles. The van der Waals surface area contributed by atoms with Gasteiger partial charge >= 0.3 is 0 Å². The summed E-state index contributed by atoms with van der Waals surface area (Å²) in [5.41, 5.74) is 9.69. The third-order valence-electron chi connectivity index (χ3n) is 3.84. The molecule has 16 heavy (non-hydrogen) atoms. The van der Waals surface area contributed by atoms with Crippen LogP contribution in [0, 0.1) is 6.92 Å². The number of benzene rings is 1. The van der Waals surface area contributed by atoms with Crippen molar-refractivity contribution in [2.75, 3.05) is 0 Å². The molecule has 0 bridgehead atoms. The average Bonchev–Trinajstić information content (AvgIpc) is 2.66. The van der Waals surface area contributed by atoms with E-state index in [2.05, 4.69) is 13.0 Å². The number of aromatic hydroxyl groups is 1. The first-order valence-electron chi connectivity index (χ1n) is 6.18. The molecule has 0 aromatic heterocycles. The topological polar surface area (TPSA) is 46.2 Å². The lowest BCUT2D eigenvalue weighted by Gasteiger charge is -2.27. The summed E-state index contributed by atoms with van der Waals surface area (Å²) in [6.07, 6.45) is 5.44. The lowest BCUT2D eigenvalue weighted by molar-refractivity contribution is 0.449. The number of hydrogen-bond acceptors (Lipinski definition) is 2. The number of rotatable bonds is 2. The van der Waals surface area contributed by atoms with Gasteiger partial charge in [-0.05, 0) is 48.9 Å². The number of hydrogen-bond donors (Lipinski definition) is 2. The van der Waals surface area contributed by atoms with Crippen molar-refractivity contribution in [2.24, 2.45) is 5.73 Å². The Morgan fingerprint density at radius 2 is 1.94 bits per heavy atom. The molecule has 0 aliphatic heterocycles. The average molecular weight is 219 g/mol. The van der Waals surface area contributed by atoms with E-state index < -0.39 is 0 Å². The van der Waals surface area contributed by atoms with Crippen LogP contribution in [0.3, 0.4) is 0 Å². The van der Waals surface area contributed by atoms with Crippen molar-refractivity contribution in [3.05, 3.63) is 28.8 Å². The second-order valence-corrected chi connectivity index (χ2v) is 5.01. The first-order valence-corrected chi connectivity index (χ1v) is 6.18. The highest BCUT2D eigenvalue weighted by Gasteiger charge is 2.32. The van der Waals surface area contributed by atoms with Crippen molar-refractivity contribution in [3.63, 3.8) is 0 Å². The third-order valence-corrected chi connectivity index (χ3v) is 3.84. The molecule has 0 unspecified atom stereocenters. The number of phenols is 1. The van der Waals surface area contributed by atoms with Crippen LogP contribution in [0.25, 0.3) is 0 Å². The van der Waals surface area contributed by atoms with Gasteiger partial charge in [-0.3, -0.25) is 0 Å². The fourth-order valence-corrected chi connectivity index (χ4v) is 2.83. The van der Waals surface area contributed by atoms with Crippen LogP contribution in [-0.2, 0) is 12.0 Å². The van der Waals surface area contributed by atoms with E-state index in [1.165, 1.54) is 18.4 Å². The van der Waals surface area contributed by atoms with E-state index in [0.29, 0.717) is 5.75 Å². The van der Waals surface area contributed by atoms with E-state index in [9.17, 15) is 5.11 Å². The lowest BCUT2D eigenvalue weighted by Crippen LogP contribution is -2.34. The summed E-state index contributed by atoms with van der Waals surface area (Å²) in [6.45, 7) is 4.10. The number of aryl methyl sites for hydroxylation is 2. The molecule has 1 aliphatic rings. The summed E-state index contributed by atoms with van der Waals surface area (Å²) in [5, 5.41) is 9.80. The highest BCUT2D eigenvalue weighted by molar-refractivity contribution is 5.44. The first-order chi connectivity index (χ1) is 7.57. The summed E-state index contributed by atoms with van der Waals surface area (Å²) in [5.74, 6) is 0.408. The van der Waals surface area contributed by atoms with Crippen LogP contribution >= 0.6 is 0 Å². The molecule has 1 aliphatic carbocycles. The van der Waals surface area contributed by atoms with E-state index in [4.69, 9.17) is 5.73 Å². The second-order valence-electron chi connectivity index (χ2n) is 5.01. The fraction of sp³-hybridized carbons (Fsp3) is 0.571. The van der Waals surface area contributed by atoms with Crippen molar-refractivity contribution in [3.8, 4) is 5.75 Å². The zero-order valence-corrected chi connectivity index (χ0v) is 10.2. The Labute approximate surface area is 97.5 Å². The minimum Gasteiger partial charge on any atom is -0.508 e. The molecular weight excluding hydrogens is 198 g/mol. The van der Waals surface area contributed by atoms with Crippen LogP contribution in [0.2, 0.25) is 0 Å². The van der Waals surface area contributed by atoms with Crippen molar-refractivity contribution in [1.29, 1.82) is 0 Å². The molecule has 88 valence electrons. The van der Waals surface area contributed by atoms with E-state index in [1.54, 1.807) is 0 Å². The molecule has 0 amide bonds. The summed E-state index contributed by atoms with van der Waals surface area (Å²) < 4.78 is 0. The van der Waals surface area contributed by atoms with Gasteiger partial charge in [0.2, 0.25) is 0 Å². The zero-order chi connectivity index (χ0) is 11.8. The van der Waals surface area contributed by atoms with Gasteiger partial charge in [-0.25, -0.2) is 0 Å². The van der Waals surface area contributed by atoms with Crippen molar-refractivity contribution in [2.45, 2.75) is 51.5 Å². The molecule has 0 atom stereocenters. The molecule has 2 nitrogen and oxygen atoms in total. The second kappa shape index (κ2) is 4.10. The van der Waals surface area contributed by atoms with Crippen LogP contribution in [0.15, 0.2) is 12.1 Å². The Morgan fingerprint density at radius 1 is 1.31 bits per heavy atom. The van der Waals surface area contributed by atoms with Gasteiger partial charge < -0.3 is 10.8 Å².